The van der Waals surface area contributed by atoms with Crippen molar-refractivity contribution >= 4 is 22.6 Å². The van der Waals surface area contributed by atoms with E-state index in [1.54, 1.807) is 12.3 Å². The quantitative estimate of drug-likeness (QED) is 0.693. The van der Waals surface area contributed by atoms with Crippen LogP contribution in [0.25, 0.3) is 10.9 Å². The lowest BCUT2D eigenvalue weighted by atomic mass is 9.95. The lowest BCUT2D eigenvalue weighted by Crippen LogP contribution is -2.26. The van der Waals surface area contributed by atoms with Gasteiger partial charge in [0.25, 0.3) is 0 Å². The molecule has 0 spiro atoms. The number of aryl methyl sites for hydroxylation is 1. The van der Waals surface area contributed by atoms with Crippen molar-refractivity contribution < 1.29 is 14.3 Å². The van der Waals surface area contributed by atoms with E-state index in [0.29, 0.717) is 28.7 Å². The molecule has 3 N–H and O–H groups in total. The number of nitrogens with one attached hydrogen (secondary N) is 2. The standard InChI is InChI=1S/C20H26FN3O3/c1-2-24-12-13(10-22-11-19(25)26)20(27)15-8-16(21)17(9-18(15)24)23-14-6-4-3-5-7-14/h8-9,12,14,22-23H,2-7,10-11H2,1H3,(H,25,26). The van der Waals surface area contributed by atoms with Crippen LogP contribution in [0.3, 0.4) is 0 Å². The summed E-state index contributed by atoms with van der Waals surface area (Å²) >= 11 is 0. The summed E-state index contributed by atoms with van der Waals surface area (Å²) in [4.78, 5) is 23.4. The van der Waals surface area contributed by atoms with Gasteiger partial charge < -0.3 is 20.3 Å². The van der Waals surface area contributed by atoms with Crippen LogP contribution in [0.5, 0.6) is 0 Å². The van der Waals surface area contributed by atoms with Crippen LogP contribution < -0.4 is 16.1 Å². The van der Waals surface area contributed by atoms with Crippen molar-refractivity contribution in [2.24, 2.45) is 0 Å². The fourth-order valence-corrected chi connectivity index (χ4v) is 3.74. The van der Waals surface area contributed by atoms with Crippen molar-refractivity contribution in [1.29, 1.82) is 0 Å². The predicted octanol–water partition coefficient (Wildman–Crippen LogP) is 3.08. The van der Waals surface area contributed by atoms with Crippen molar-refractivity contribution in [2.75, 3.05) is 11.9 Å². The van der Waals surface area contributed by atoms with E-state index in [9.17, 15) is 14.0 Å². The third-order valence-electron chi connectivity index (χ3n) is 5.14. The second-order valence-electron chi connectivity index (χ2n) is 7.10. The summed E-state index contributed by atoms with van der Waals surface area (Å²) in [6.07, 6.45) is 7.32. The molecular weight excluding hydrogens is 349 g/mol. The van der Waals surface area contributed by atoms with Crippen LogP contribution in [0.2, 0.25) is 0 Å². The van der Waals surface area contributed by atoms with Gasteiger partial charge in [-0.15, -0.1) is 0 Å². The van der Waals surface area contributed by atoms with Gasteiger partial charge in [0.15, 0.2) is 5.43 Å². The molecule has 1 aromatic carbocycles. The smallest absolute Gasteiger partial charge is 0.317 e. The maximum atomic E-state index is 14.7. The molecule has 0 aliphatic heterocycles. The molecule has 7 heteroatoms. The van der Waals surface area contributed by atoms with E-state index in [0.717, 1.165) is 25.7 Å². The second kappa shape index (κ2) is 8.52. The highest BCUT2D eigenvalue weighted by Crippen LogP contribution is 2.26. The van der Waals surface area contributed by atoms with Crippen LogP contribution in [0.15, 0.2) is 23.1 Å². The van der Waals surface area contributed by atoms with E-state index in [2.05, 4.69) is 10.6 Å². The Labute approximate surface area is 157 Å². The SMILES string of the molecule is CCn1cc(CNCC(=O)O)c(=O)c2cc(F)c(NC3CCCCC3)cc21. The zero-order valence-corrected chi connectivity index (χ0v) is 15.6. The highest BCUT2D eigenvalue weighted by atomic mass is 19.1. The molecule has 3 rings (SSSR count). The minimum absolute atomic E-state index is 0.130. The molecule has 1 fully saturated rings. The van der Waals surface area contributed by atoms with Crippen LogP contribution in [-0.2, 0) is 17.9 Å². The third-order valence-corrected chi connectivity index (χ3v) is 5.14. The molecule has 1 aliphatic carbocycles. The Balaban J connectivity index is 1.95. The van der Waals surface area contributed by atoms with Gasteiger partial charge in [-0.25, -0.2) is 4.39 Å². The van der Waals surface area contributed by atoms with E-state index >= 15 is 0 Å². The number of anilines is 1. The average molecular weight is 375 g/mol. The van der Waals surface area contributed by atoms with Gasteiger partial charge in [-0.2, -0.15) is 0 Å². The van der Waals surface area contributed by atoms with Gasteiger partial charge in [-0.3, -0.25) is 9.59 Å². The van der Waals surface area contributed by atoms with Crippen LogP contribution in [0.4, 0.5) is 10.1 Å². The number of aliphatic carboxylic acids is 1. The Kier molecular flexibility index (Phi) is 6.11. The topological polar surface area (TPSA) is 83.4 Å². The number of carbonyl (C=O) groups is 1. The molecule has 1 aromatic heterocycles. The molecule has 0 atom stereocenters. The molecule has 0 radical (unpaired) electrons. The van der Waals surface area contributed by atoms with E-state index < -0.39 is 11.8 Å². The highest BCUT2D eigenvalue weighted by Gasteiger charge is 2.17. The number of rotatable bonds is 7. The summed E-state index contributed by atoms with van der Waals surface area (Å²) in [5.74, 6) is -1.42. The van der Waals surface area contributed by atoms with Gasteiger partial charge in [0, 0.05) is 36.3 Å². The van der Waals surface area contributed by atoms with Crippen molar-refractivity contribution in [3.8, 4) is 0 Å². The predicted molar refractivity (Wildman–Crippen MR) is 104 cm³/mol. The largest absolute Gasteiger partial charge is 0.480 e. The molecular formula is C20H26FN3O3. The van der Waals surface area contributed by atoms with Gasteiger partial charge in [0.1, 0.15) is 5.82 Å². The molecule has 27 heavy (non-hydrogen) atoms. The van der Waals surface area contributed by atoms with E-state index in [1.165, 1.54) is 12.5 Å². The molecule has 146 valence electrons. The second-order valence-corrected chi connectivity index (χ2v) is 7.10. The molecule has 6 nitrogen and oxygen atoms in total. The fraction of sp³-hybridized carbons (Fsp3) is 0.500. The van der Waals surface area contributed by atoms with E-state index in [-0.39, 0.29) is 24.6 Å². The van der Waals surface area contributed by atoms with Gasteiger partial charge in [0.05, 0.1) is 17.7 Å². The lowest BCUT2D eigenvalue weighted by Gasteiger charge is -2.24. The Morgan fingerprint density at radius 3 is 2.70 bits per heavy atom. The van der Waals surface area contributed by atoms with E-state index in [4.69, 9.17) is 5.11 Å². The maximum Gasteiger partial charge on any atom is 0.317 e. The molecule has 0 amide bonds. The van der Waals surface area contributed by atoms with Gasteiger partial charge in [-0.1, -0.05) is 19.3 Å². The first kappa shape index (κ1) is 19.4. The van der Waals surface area contributed by atoms with Crippen molar-refractivity contribution in [2.45, 2.75) is 58.2 Å². The molecule has 0 unspecified atom stereocenters. The van der Waals surface area contributed by atoms with Gasteiger partial charge >= 0.3 is 5.97 Å². The summed E-state index contributed by atoms with van der Waals surface area (Å²) in [6.45, 7) is 2.47. The maximum absolute atomic E-state index is 14.7. The average Bonchev–Trinajstić information content (AvgIpc) is 2.65. The zero-order valence-electron chi connectivity index (χ0n) is 15.6. The van der Waals surface area contributed by atoms with Crippen LogP contribution >= 0.6 is 0 Å². The highest BCUT2D eigenvalue weighted by molar-refractivity contribution is 5.83. The molecule has 1 saturated carbocycles. The number of halogens is 1. The molecule has 1 heterocycles. The van der Waals surface area contributed by atoms with Gasteiger partial charge in [-0.05, 0) is 31.9 Å². The summed E-state index contributed by atoms with van der Waals surface area (Å²) in [7, 11) is 0. The fourth-order valence-electron chi connectivity index (χ4n) is 3.74. The number of nitrogens with zero attached hydrogens (tertiary/aromatic N) is 1. The Morgan fingerprint density at radius 1 is 1.30 bits per heavy atom. The minimum atomic E-state index is -0.990. The first-order valence-corrected chi connectivity index (χ1v) is 9.54. The number of hydrogen-bond donors (Lipinski definition) is 3. The Morgan fingerprint density at radius 2 is 2.04 bits per heavy atom. The molecule has 0 saturated heterocycles. The van der Waals surface area contributed by atoms with Crippen molar-refractivity contribution in [3.05, 3.63) is 39.9 Å². The number of pyridine rings is 1. The number of fused-ring (bicyclic) bond motifs is 1. The minimum Gasteiger partial charge on any atom is -0.480 e. The Hall–Kier alpha value is -2.41. The van der Waals surface area contributed by atoms with E-state index in [1.807, 2.05) is 11.5 Å². The number of carboxylic acid groups (broad SMARTS) is 1. The molecule has 1 aliphatic rings. The lowest BCUT2D eigenvalue weighted by molar-refractivity contribution is -0.136. The number of aromatic nitrogens is 1. The normalized spacial score (nSPS) is 15.2. The molecule has 0 bridgehead atoms. The van der Waals surface area contributed by atoms with Crippen LogP contribution in [0.1, 0.15) is 44.6 Å². The van der Waals surface area contributed by atoms with Crippen molar-refractivity contribution in [1.82, 2.24) is 9.88 Å². The van der Waals surface area contributed by atoms with Crippen LogP contribution in [-0.4, -0.2) is 28.2 Å². The zero-order chi connectivity index (χ0) is 19.4. The summed E-state index contributed by atoms with van der Waals surface area (Å²) < 4.78 is 16.6. The number of carboxylic acids is 1. The van der Waals surface area contributed by atoms with Gasteiger partial charge in [0.2, 0.25) is 0 Å². The summed E-state index contributed by atoms with van der Waals surface area (Å²) in [5, 5.41) is 15.1. The summed E-state index contributed by atoms with van der Waals surface area (Å²) in [6, 6.07) is 3.29. The third kappa shape index (κ3) is 4.47. The Bertz CT molecular complexity index is 888. The number of hydrogen-bond acceptors (Lipinski definition) is 4. The molecule has 2 aromatic rings. The summed E-state index contributed by atoms with van der Waals surface area (Å²) in [5.41, 5.74) is 1.28. The van der Waals surface area contributed by atoms with Crippen molar-refractivity contribution in [3.63, 3.8) is 0 Å². The first-order valence-electron chi connectivity index (χ1n) is 9.54. The first-order chi connectivity index (χ1) is 13.0. The monoisotopic (exact) mass is 375 g/mol. The van der Waals surface area contributed by atoms with Crippen LogP contribution in [0, 0.1) is 5.82 Å². The number of benzene rings is 1.